The molecule has 2 aromatic rings. The predicted octanol–water partition coefficient (Wildman–Crippen LogP) is 2.28. The first kappa shape index (κ1) is 18.2. The number of rotatable bonds is 4. The maximum atomic E-state index is 13.2. The second kappa shape index (κ2) is 8.20. The van der Waals surface area contributed by atoms with Crippen LogP contribution in [0, 0.1) is 10.5 Å². The zero-order valence-electron chi connectivity index (χ0n) is 14.1. The topological polar surface area (TPSA) is 68.4 Å². The van der Waals surface area contributed by atoms with Gasteiger partial charge < -0.3 is 15.2 Å². The number of nitrogens with zero attached hydrogens (tertiary/aromatic N) is 2. The Morgan fingerprint density at radius 3 is 2.62 bits per heavy atom. The SMILES string of the molecule is O=C(CN1CCN(C(=O)c2ccc[nH]c2=S)CC1)Nc1cccc(F)c1. The zero-order valence-corrected chi connectivity index (χ0v) is 14.9. The summed E-state index contributed by atoms with van der Waals surface area (Å²) in [5.74, 6) is -0.703. The van der Waals surface area contributed by atoms with Crippen molar-refractivity contribution in [2.24, 2.45) is 0 Å². The van der Waals surface area contributed by atoms with E-state index in [0.717, 1.165) is 0 Å². The van der Waals surface area contributed by atoms with Crippen LogP contribution in [-0.2, 0) is 4.79 Å². The Kier molecular flexibility index (Phi) is 5.75. The lowest BCUT2D eigenvalue weighted by Gasteiger charge is -2.34. The number of benzene rings is 1. The summed E-state index contributed by atoms with van der Waals surface area (Å²) in [7, 11) is 0. The molecule has 26 heavy (non-hydrogen) atoms. The molecule has 2 heterocycles. The summed E-state index contributed by atoms with van der Waals surface area (Å²) in [5.41, 5.74) is 0.918. The van der Waals surface area contributed by atoms with Crippen molar-refractivity contribution in [2.45, 2.75) is 0 Å². The van der Waals surface area contributed by atoms with Crippen molar-refractivity contribution in [2.75, 3.05) is 38.0 Å². The van der Waals surface area contributed by atoms with Gasteiger partial charge in [-0.2, -0.15) is 0 Å². The van der Waals surface area contributed by atoms with Crippen LogP contribution >= 0.6 is 12.2 Å². The average molecular weight is 374 g/mol. The van der Waals surface area contributed by atoms with Gasteiger partial charge in [-0.1, -0.05) is 18.3 Å². The van der Waals surface area contributed by atoms with Gasteiger partial charge in [-0.3, -0.25) is 14.5 Å². The quantitative estimate of drug-likeness (QED) is 0.806. The molecule has 1 aromatic heterocycles. The fourth-order valence-electron chi connectivity index (χ4n) is 2.84. The number of hydrogen-bond donors (Lipinski definition) is 2. The third-order valence-corrected chi connectivity index (χ3v) is 4.52. The molecule has 0 unspecified atom stereocenters. The maximum absolute atomic E-state index is 13.2. The maximum Gasteiger partial charge on any atom is 0.256 e. The molecule has 3 rings (SSSR count). The highest BCUT2D eigenvalue weighted by atomic mass is 32.1. The summed E-state index contributed by atoms with van der Waals surface area (Å²) in [6, 6.07) is 9.24. The second-order valence-corrected chi connectivity index (χ2v) is 6.45. The van der Waals surface area contributed by atoms with E-state index in [4.69, 9.17) is 12.2 Å². The number of amides is 2. The van der Waals surface area contributed by atoms with Crippen molar-refractivity contribution < 1.29 is 14.0 Å². The van der Waals surface area contributed by atoms with Crippen LogP contribution in [0.2, 0.25) is 0 Å². The number of aromatic amines is 1. The van der Waals surface area contributed by atoms with E-state index in [2.05, 4.69) is 10.3 Å². The largest absolute Gasteiger partial charge is 0.352 e. The van der Waals surface area contributed by atoms with Gasteiger partial charge in [0.05, 0.1) is 12.1 Å². The summed E-state index contributed by atoms with van der Waals surface area (Å²) in [6.07, 6.45) is 1.69. The van der Waals surface area contributed by atoms with E-state index in [1.165, 1.54) is 12.1 Å². The van der Waals surface area contributed by atoms with Gasteiger partial charge in [-0.25, -0.2) is 4.39 Å². The third kappa shape index (κ3) is 4.53. The van der Waals surface area contributed by atoms with E-state index in [9.17, 15) is 14.0 Å². The molecule has 0 aliphatic carbocycles. The van der Waals surface area contributed by atoms with Gasteiger partial charge >= 0.3 is 0 Å². The summed E-state index contributed by atoms with van der Waals surface area (Å²) < 4.78 is 13.6. The fourth-order valence-corrected chi connectivity index (χ4v) is 3.06. The van der Waals surface area contributed by atoms with Crippen LogP contribution < -0.4 is 5.32 Å². The van der Waals surface area contributed by atoms with Gasteiger partial charge in [0.15, 0.2) is 0 Å². The number of pyridine rings is 1. The predicted molar refractivity (Wildman–Crippen MR) is 99.0 cm³/mol. The number of H-pyrrole nitrogens is 1. The molecule has 1 saturated heterocycles. The van der Waals surface area contributed by atoms with Gasteiger partial charge in [0.25, 0.3) is 5.91 Å². The summed E-state index contributed by atoms with van der Waals surface area (Å²) in [5, 5.41) is 2.68. The highest BCUT2D eigenvalue weighted by Gasteiger charge is 2.24. The number of carbonyl (C=O) groups is 2. The number of nitrogens with one attached hydrogen (secondary N) is 2. The number of piperazine rings is 1. The van der Waals surface area contributed by atoms with Crippen molar-refractivity contribution in [3.8, 4) is 0 Å². The lowest BCUT2D eigenvalue weighted by molar-refractivity contribution is -0.117. The molecule has 2 amide bonds. The normalized spacial score (nSPS) is 14.9. The number of carbonyl (C=O) groups excluding carboxylic acids is 2. The van der Waals surface area contributed by atoms with E-state index < -0.39 is 5.82 Å². The average Bonchev–Trinajstić information content (AvgIpc) is 2.62. The molecule has 8 heteroatoms. The molecule has 0 radical (unpaired) electrons. The first-order valence-electron chi connectivity index (χ1n) is 8.28. The van der Waals surface area contributed by atoms with Crippen molar-refractivity contribution in [3.05, 3.63) is 58.6 Å². The first-order valence-corrected chi connectivity index (χ1v) is 8.68. The summed E-state index contributed by atoms with van der Waals surface area (Å²) >= 11 is 5.16. The molecule has 0 spiro atoms. The van der Waals surface area contributed by atoms with Gasteiger partial charge in [-0.05, 0) is 30.3 Å². The third-order valence-electron chi connectivity index (χ3n) is 4.18. The molecule has 1 aliphatic rings. The molecule has 2 N–H and O–H groups in total. The van der Waals surface area contributed by atoms with Crippen LogP contribution in [0.15, 0.2) is 42.6 Å². The highest BCUT2D eigenvalue weighted by Crippen LogP contribution is 2.11. The second-order valence-electron chi connectivity index (χ2n) is 6.04. The number of anilines is 1. The Morgan fingerprint density at radius 2 is 1.92 bits per heavy atom. The minimum Gasteiger partial charge on any atom is -0.352 e. The number of hydrogen-bond acceptors (Lipinski definition) is 4. The van der Waals surface area contributed by atoms with Crippen LogP contribution in [0.5, 0.6) is 0 Å². The van der Waals surface area contributed by atoms with Crippen molar-refractivity contribution in [1.82, 2.24) is 14.8 Å². The van der Waals surface area contributed by atoms with E-state index in [0.29, 0.717) is 42.1 Å². The minimum atomic E-state index is -0.394. The standard InChI is InChI=1S/C18H19FN4O2S/c19-13-3-1-4-14(11-13)21-16(24)12-22-7-9-23(10-8-22)18(25)15-5-2-6-20-17(15)26/h1-6,11H,7-10,12H2,(H,20,26)(H,21,24). The molecule has 0 atom stereocenters. The molecule has 1 aliphatic heterocycles. The minimum absolute atomic E-state index is 0.101. The van der Waals surface area contributed by atoms with E-state index in [-0.39, 0.29) is 18.4 Å². The fraction of sp³-hybridized carbons (Fsp3) is 0.278. The molecule has 6 nitrogen and oxygen atoms in total. The monoisotopic (exact) mass is 374 g/mol. The highest BCUT2D eigenvalue weighted by molar-refractivity contribution is 7.71. The Balaban J connectivity index is 1.51. The van der Waals surface area contributed by atoms with Gasteiger partial charge in [0.2, 0.25) is 5.91 Å². The zero-order chi connectivity index (χ0) is 18.5. The molecule has 0 saturated carbocycles. The van der Waals surface area contributed by atoms with E-state index in [1.54, 1.807) is 35.4 Å². The van der Waals surface area contributed by atoms with E-state index in [1.807, 2.05) is 4.90 Å². The Labute approximate surface area is 155 Å². The van der Waals surface area contributed by atoms with Crippen molar-refractivity contribution in [3.63, 3.8) is 0 Å². The summed E-state index contributed by atoms with van der Waals surface area (Å²) in [6.45, 7) is 2.42. The van der Waals surface area contributed by atoms with Crippen LogP contribution in [0.4, 0.5) is 10.1 Å². The number of halogens is 1. The Morgan fingerprint density at radius 1 is 1.15 bits per heavy atom. The Bertz CT molecular complexity index is 862. The molecular formula is C18H19FN4O2S. The van der Waals surface area contributed by atoms with Gasteiger partial charge in [0.1, 0.15) is 10.5 Å². The van der Waals surface area contributed by atoms with Crippen LogP contribution in [0.3, 0.4) is 0 Å². The molecule has 1 aromatic carbocycles. The lowest BCUT2D eigenvalue weighted by atomic mass is 10.2. The molecule has 1 fully saturated rings. The first-order chi connectivity index (χ1) is 12.5. The van der Waals surface area contributed by atoms with E-state index >= 15 is 0 Å². The van der Waals surface area contributed by atoms with Crippen LogP contribution in [-0.4, -0.2) is 59.3 Å². The van der Waals surface area contributed by atoms with Crippen LogP contribution in [0.25, 0.3) is 0 Å². The van der Waals surface area contributed by atoms with Crippen molar-refractivity contribution in [1.29, 1.82) is 0 Å². The number of aromatic nitrogens is 1. The molecule has 0 bridgehead atoms. The lowest BCUT2D eigenvalue weighted by Crippen LogP contribution is -2.50. The smallest absolute Gasteiger partial charge is 0.256 e. The van der Waals surface area contributed by atoms with Crippen molar-refractivity contribution >= 4 is 29.7 Å². The molecular weight excluding hydrogens is 355 g/mol. The molecule has 136 valence electrons. The Hall–Kier alpha value is -2.58. The summed E-state index contributed by atoms with van der Waals surface area (Å²) in [4.78, 5) is 31.2. The van der Waals surface area contributed by atoms with Gasteiger partial charge in [0, 0.05) is 38.1 Å². The van der Waals surface area contributed by atoms with Crippen LogP contribution in [0.1, 0.15) is 10.4 Å². The van der Waals surface area contributed by atoms with Gasteiger partial charge in [-0.15, -0.1) is 0 Å².